The summed E-state index contributed by atoms with van der Waals surface area (Å²) in [6.45, 7) is 1.48. The number of aliphatic hydroxyl groups excluding tert-OH is 1. The van der Waals surface area contributed by atoms with E-state index in [0.717, 1.165) is 17.4 Å². The number of pyridine rings is 1. The number of likely N-dealkylation sites (N-methyl/N-ethyl adjacent to an activating group) is 1. The summed E-state index contributed by atoms with van der Waals surface area (Å²) in [5.74, 6) is 2.29. The Balaban J connectivity index is 1.08. The number of nitrogens with zero attached hydrogens (tertiary/aromatic N) is 1. The van der Waals surface area contributed by atoms with Crippen LogP contribution in [0.2, 0.25) is 5.02 Å². The van der Waals surface area contributed by atoms with E-state index in [1.807, 2.05) is 0 Å². The number of phenolic OH excluding ortho intramolecular Hbond substituents is 1. The first-order valence-electron chi connectivity index (χ1n) is 16.0. The monoisotopic (exact) mass is 640 g/mol. The molecule has 2 aliphatic carbocycles. The molecule has 5 rings (SSSR count). The molecule has 244 valence electrons. The highest BCUT2D eigenvalue weighted by Crippen LogP contribution is 2.40. The fraction of sp³-hybridized carbons (Fsp3) is 0.529. The molecule has 10 nitrogen and oxygen atoms in total. The molecule has 1 amide bonds. The molecule has 2 fully saturated rings. The Morgan fingerprint density at radius 2 is 1.82 bits per heavy atom. The van der Waals surface area contributed by atoms with Gasteiger partial charge in [0.2, 0.25) is 5.56 Å². The SMILES string of the molecule is COc1cc(NC(=O)OCCN(C)C2CCC(C3CCCC3)CC2)c(Cl)cc1CNC[C@@H](O)c1ccc(O)c2[nH]c(=O)ccc12. The highest BCUT2D eigenvalue weighted by molar-refractivity contribution is 6.33. The van der Waals surface area contributed by atoms with Gasteiger partial charge in [0.1, 0.15) is 18.1 Å². The number of phenols is 1. The molecular weight excluding hydrogens is 596 g/mol. The predicted octanol–water partition coefficient (Wildman–Crippen LogP) is 5.95. The minimum Gasteiger partial charge on any atom is -0.506 e. The summed E-state index contributed by atoms with van der Waals surface area (Å²) < 4.78 is 11.0. The maximum absolute atomic E-state index is 12.6. The van der Waals surface area contributed by atoms with Crippen molar-refractivity contribution in [1.29, 1.82) is 0 Å². The van der Waals surface area contributed by atoms with Crippen LogP contribution in [0, 0.1) is 11.8 Å². The zero-order chi connectivity index (χ0) is 31.9. The van der Waals surface area contributed by atoms with Gasteiger partial charge in [-0.1, -0.05) is 43.4 Å². The van der Waals surface area contributed by atoms with Crippen molar-refractivity contribution in [3.8, 4) is 11.5 Å². The molecule has 2 saturated carbocycles. The number of nitrogens with one attached hydrogen (secondary N) is 3. The molecule has 45 heavy (non-hydrogen) atoms. The highest BCUT2D eigenvalue weighted by Gasteiger charge is 2.30. The lowest BCUT2D eigenvalue weighted by atomic mass is 9.77. The lowest BCUT2D eigenvalue weighted by molar-refractivity contribution is 0.106. The number of halogens is 1. The largest absolute Gasteiger partial charge is 0.506 e. The first kappa shape index (κ1) is 33.1. The van der Waals surface area contributed by atoms with E-state index in [0.29, 0.717) is 46.5 Å². The molecule has 2 aliphatic rings. The van der Waals surface area contributed by atoms with Gasteiger partial charge in [-0.15, -0.1) is 0 Å². The molecule has 0 radical (unpaired) electrons. The lowest BCUT2D eigenvalue weighted by Crippen LogP contribution is -2.38. The summed E-state index contributed by atoms with van der Waals surface area (Å²) in [6.07, 6.45) is 9.21. The minimum absolute atomic E-state index is 0.0670. The Morgan fingerprint density at radius 3 is 2.56 bits per heavy atom. The van der Waals surface area contributed by atoms with E-state index < -0.39 is 12.2 Å². The fourth-order valence-electron chi connectivity index (χ4n) is 7.08. The third-order valence-electron chi connectivity index (χ3n) is 9.63. The van der Waals surface area contributed by atoms with E-state index in [-0.39, 0.29) is 30.0 Å². The van der Waals surface area contributed by atoms with E-state index in [2.05, 4.69) is 27.6 Å². The third kappa shape index (κ3) is 8.30. The number of H-pyrrole nitrogens is 1. The van der Waals surface area contributed by atoms with Crippen LogP contribution < -0.4 is 20.9 Å². The van der Waals surface area contributed by atoms with Gasteiger partial charge in [-0.25, -0.2) is 4.79 Å². The van der Waals surface area contributed by atoms with Crippen molar-refractivity contribution in [2.75, 3.05) is 39.2 Å². The molecule has 0 spiro atoms. The maximum atomic E-state index is 12.6. The molecule has 0 unspecified atom stereocenters. The van der Waals surface area contributed by atoms with Gasteiger partial charge in [0.15, 0.2) is 0 Å². The van der Waals surface area contributed by atoms with Crippen LogP contribution in [0.4, 0.5) is 10.5 Å². The Hall–Kier alpha value is -3.31. The number of carbonyl (C=O) groups is 1. The predicted molar refractivity (Wildman–Crippen MR) is 176 cm³/mol. The van der Waals surface area contributed by atoms with Gasteiger partial charge in [0, 0.05) is 48.8 Å². The van der Waals surface area contributed by atoms with Crippen molar-refractivity contribution in [1.82, 2.24) is 15.2 Å². The van der Waals surface area contributed by atoms with E-state index in [9.17, 15) is 19.8 Å². The van der Waals surface area contributed by atoms with Crippen LogP contribution in [0.15, 0.2) is 41.2 Å². The molecule has 1 heterocycles. The molecular formula is C34H45ClN4O6. The van der Waals surface area contributed by atoms with Crippen LogP contribution in [-0.4, -0.2) is 66.1 Å². The number of aromatic nitrogens is 1. The molecule has 2 aromatic carbocycles. The Bertz CT molecular complexity index is 1520. The number of methoxy groups -OCH3 is 1. The zero-order valence-electron chi connectivity index (χ0n) is 26.1. The number of aromatic hydroxyl groups is 1. The number of hydrogen-bond donors (Lipinski definition) is 5. The molecule has 11 heteroatoms. The smallest absolute Gasteiger partial charge is 0.411 e. The van der Waals surface area contributed by atoms with Crippen LogP contribution in [0.25, 0.3) is 10.9 Å². The van der Waals surface area contributed by atoms with Gasteiger partial charge in [-0.05, 0) is 68.3 Å². The van der Waals surface area contributed by atoms with Gasteiger partial charge >= 0.3 is 6.09 Å². The summed E-state index contributed by atoms with van der Waals surface area (Å²) in [5, 5.41) is 27.8. The molecule has 1 atom stereocenters. The maximum Gasteiger partial charge on any atom is 0.411 e. The van der Waals surface area contributed by atoms with Gasteiger partial charge in [0.25, 0.3) is 0 Å². The number of aliphatic hydroxyl groups is 1. The second kappa shape index (κ2) is 15.3. The average molecular weight is 641 g/mol. The summed E-state index contributed by atoms with van der Waals surface area (Å²) in [6, 6.07) is 9.88. The number of fused-ring (bicyclic) bond motifs is 1. The van der Waals surface area contributed by atoms with E-state index in [4.69, 9.17) is 21.1 Å². The Labute approximate surface area is 269 Å². The topological polar surface area (TPSA) is 136 Å². The molecule has 5 N–H and O–H groups in total. The van der Waals surface area contributed by atoms with Crippen LogP contribution >= 0.6 is 11.6 Å². The van der Waals surface area contributed by atoms with Crippen LogP contribution in [-0.2, 0) is 11.3 Å². The van der Waals surface area contributed by atoms with Crippen molar-refractivity contribution in [3.05, 3.63) is 62.9 Å². The van der Waals surface area contributed by atoms with Gasteiger partial charge in [-0.3, -0.25) is 10.1 Å². The number of benzene rings is 2. The molecule has 0 saturated heterocycles. The number of hydrogen-bond acceptors (Lipinski definition) is 8. The number of amides is 1. The van der Waals surface area contributed by atoms with Gasteiger partial charge in [-0.2, -0.15) is 0 Å². The van der Waals surface area contributed by atoms with Crippen molar-refractivity contribution >= 4 is 34.3 Å². The first-order valence-corrected chi connectivity index (χ1v) is 16.4. The number of anilines is 1. The van der Waals surface area contributed by atoms with E-state index in [1.54, 1.807) is 24.3 Å². The lowest BCUT2D eigenvalue weighted by Gasteiger charge is -2.36. The summed E-state index contributed by atoms with van der Waals surface area (Å²) in [7, 11) is 3.65. The van der Waals surface area contributed by atoms with Crippen molar-refractivity contribution < 1.29 is 24.5 Å². The van der Waals surface area contributed by atoms with Crippen molar-refractivity contribution in [2.24, 2.45) is 11.8 Å². The highest BCUT2D eigenvalue weighted by atomic mass is 35.5. The Kier molecular flexibility index (Phi) is 11.3. The van der Waals surface area contributed by atoms with Gasteiger partial charge < -0.3 is 34.9 Å². The van der Waals surface area contributed by atoms with Crippen LogP contribution in [0.5, 0.6) is 11.5 Å². The summed E-state index contributed by atoms with van der Waals surface area (Å²) in [5.41, 5.74) is 1.61. The molecule has 1 aromatic heterocycles. The van der Waals surface area contributed by atoms with Crippen molar-refractivity contribution in [3.63, 3.8) is 0 Å². The number of carbonyl (C=O) groups excluding carboxylic acids is 1. The number of ether oxygens (including phenoxy) is 2. The second-order valence-electron chi connectivity index (χ2n) is 12.4. The van der Waals surface area contributed by atoms with Crippen molar-refractivity contribution in [2.45, 2.75) is 70.1 Å². The summed E-state index contributed by atoms with van der Waals surface area (Å²) in [4.78, 5) is 29.2. The standard InChI is InChI=1S/C34H45ClN4O6/c1-39(24-9-7-22(8-10-24)21-5-3-4-6-21)15-16-45-34(43)37-28-18-31(44-2)23(17-27(28)35)19-36-20-30(41)25-11-13-29(40)33-26(25)12-14-32(42)38-33/h11-14,17-18,21-22,24,30,36,40-41H,3-10,15-16,19-20H2,1-2H3,(H,37,43)(H,38,42)/t22?,24?,30-/m1/s1. The second-order valence-corrected chi connectivity index (χ2v) is 12.8. The number of aromatic amines is 1. The molecule has 0 aliphatic heterocycles. The Morgan fingerprint density at radius 1 is 1.09 bits per heavy atom. The molecule has 0 bridgehead atoms. The van der Waals surface area contributed by atoms with Crippen LogP contribution in [0.1, 0.15) is 68.6 Å². The quantitative estimate of drug-likeness (QED) is 0.164. The fourth-order valence-corrected chi connectivity index (χ4v) is 7.31. The third-order valence-corrected chi connectivity index (χ3v) is 9.95. The van der Waals surface area contributed by atoms with Crippen LogP contribution in [0.3, 0.4) is 0 Å². The number of rotatable bonds is 12. The van der Waals surface area contributed by atoms with E-state index in [1.165, 1.54) is 70.6 Å². The minimum atomic E-state index is -0.915. The van der Waals surface area contributed by atoms with Gasteiger partial charge in [0.05, 0.1) is 29.4 Å². The van der Waals surface area contributed by atoms with E-state index >= 15 is 0 Å². The first-order chi connectivity index (χ1) is 21.7. The normalized spacial score (nSPS) is 19.6. The summed E-state index contributed by atoms with van der Waals surface area (Å²) >= 11 is 6.51. The molecule has 3 aromatic rings. The zero-order valence-corrected chi connectivity index (χ0v) is 26.9. The average Bonchev–Trinajstić information content (AvgIpc) is 3.58.